The highest BCUT2D eigenvalue weighted by Gasteiger charge is 2.29. The summed E-state index contributed by atoms with van der Waals surface area (Å²) in [5.74, 6) is 0. The van der Waals surface area contributed by atoms with Gasteiger partial charge in [-0.15, -0.1) is 0 Å². The Balaban J connectivity index is 1.14. The van der Waals surface area contributed by atoms with Crippen LogP contribution >= 0.6 is 0 Å². The molecule has 6 aromatic rings. The number of fused-ring (bicyclic) bond motifs is 4. The zero-order valence-corrected chi connectivity index (χ0v) is 27.7. The molecular formula is C45H40N2. The molecule has 0 N–H and O–H groups in total. The van der Waals surface area contributed by atoms with E-state index in [1.165, 1.54) is 89.8 Å². The maximum absolute atomic E-state index is 2.43. The van der Waals surface area contributed by atoms with Gasteiger partial charge < -0.3 is 9.80 Å². The Kier molecular flexibility index (Phi) is 7.29. The number of hydrogen-bond donors (Lipinski definition) is 0. The Morgan fingerprint density at radius 3 is 1.09 bits per heavy atom. The molecule has 2 heteroatoms. The highest BCUT2D eigenvalue weighted by atomic mass is 15.1. The van der Waals surface area contributed by atoms with Crippen LogP contribution in [0.25, 0.3) is 11.1 Å². The molecule has 8 rings (SSSR count). The third-order valence-electron chi connectivity index (χ3n) is 9.89. The summed E-state index contributed by atoms with van der Waals surface area (Å²) in [6.07, 6.45) is 3.10. The van der Waals surface area contributed by atoms with Crippen LogP contribution in [-0.2, 0) is 12.8 Å². The van der Waals surface area contributed by atoms with Gasteiger partial charge in [-0.2, -0.15) is 0 Å². The number of anilines is 6. The van der Waals surface area contributed by atoms with E-state index < -0.39 is 0 Å². The van der Waals surface area contributed by atoms with E-state index in [9.17, 15) is 0 Å². The third kappa shape index (κ3) is 5.44. The second-order valence-corrected chi connectivity index (χ2v) is 13.3. The van der Waals surface area contributed by atoms with Gasteiger partial charge in [0.1, 0.15) is 0 Å². The van der Waals surface area contributed by atoms with Crippen molar-refractivity contribution >= 4 is 45.3 Å². The molecule has 0 saturated carbocycles. The van der Waals surface area contributed by atoms with Crippen molar-refractivity contribution in [1.29, 1.82) is 0 Å². The molecular weight excluding hydrogens is 569 g/mol. The molecule has 47 heavy (non-hydrogen) atoms. The summed E-state index contributed by atoms with van der Waals surface area (Å²) >= 11 is 0. The number of hydrogen-bond acceptors (Lipinski definition) is 2. The van der Waals surface area contributed by atoms with Gasteiger partial charge in [-0.3, -0.25) is 0 Å². The van der Waals surface area contributed by atoms with Crippen LogP contribution in [0.2, 0.25) is 0 Å². The first-order valence-electron chi connectivity index (χ1n) is 16.8. The van der Waals surface area contributed by atoms with E-state index in [-0.39, 0.29) is 0 Å². The Morgan fingerprint density at radius 2 is 0.681 bits per heavy atom. The van der Waals surface area contributed by atoms with Gasteiger partial charge in [0.05, 0.1) is 0 Å². The van der Waals surface area contributed by atoms with Gasteiger partial charge in [0.15, 0.2) is 0 Å². The van der Waals surface area contributed by atoms with Gasteiger partial charge in [-0.1, -0.05) is 82.9 Å². The first kappa shape index (κ1) is 29.1. The van der Waals surface area contributed by atoms with E-state index in [2.05, 4.69) is 171 Å². The molecule has 0 aliphatic heterocycles. The van der Waals surface area contributed by atoms with E-state index in [0.29, 0.717) is 0 Å². The van der Waals surface area contributed by atoms with Crippen molar-refractivity contribution in [3.05, 3.63) is 178 Å². The standard InChI is InChI=1S/C45H40N2/c1-30-5-14-36(15-6-30)46(37-16-7-31(2)8-17-37)40-22-25-42-34(27-40)13-24-44-43-26-23-41(28-35(43)29-45(42)44)47(38-18-9-32(3)10-19-38)39-20-11-33(4)12-21-39/h5-12,14-23,25-28H,13,24,29H2,1-4H3. The van der Waals surface area contributed by atoms with Crippen molar-refractivity contribution < 1.29 is 0 Å². The molecule has 0 spiro atoms. The second kappa shape index (κ2) is 11.8. The minimum Gasteiger partial charge on any atom is -0.310 e. The van der Waals surface area contributed by atoms with E-state index in [4.69, 9.17) is 0 Å². The lowest BCUT2D eigenvalue weighted by atomic mass is 9.85. The van der Waals surface area contributed by atoms with Crippen LogP contribution in [0.5, 0.6) is 0 Å². The molecule has 0 heterocycles. The number of aryl methyl sites for hydroxylation is 5. The van der Waals surface area contributed by atoms with Crippen LogP contribution in [0.3, 0.4) is 0 Å². The van der Waals surface area contributed by atoms with Crippen molar-refractivity contribution in [3.63, 3.8) is 0 Å². The zero-order chi connectivity index (χ0) is 32.1. The average molecular weight is 609 g/mol. The third-order valence-corrected chi connectivity index (χ3v) is 9.89. The fourth-order valence-electron chi connectivity index (χ4n) is 7.31. The monoisotopic (exact) mass is 608 g/mol. The molecule has 0 aromatic heterocycles. The fourth-order valence-corrected chi connectivity index (χ4v) is 7.31. The highest BCUT2D eigenvalue weighted by molar-refractivity contribution is 6.00. The van der Waals surface area contributed by atoms with E-state index in [1.807, 2.05) is 0 Å². The van der Waals surface area contributed by atoms with Crippen LogP contribution in [-0.4, -0.2) is 0 Å². The first-order valence-corrected chi connectivity index (χ1v) is 16.8. The van der Waals surface area contributed by atoms with Gasteiger partial charge in [-0.25, -0.2) is 0 Å². The quantitative estimate of drug-likeness (QED) is 0.186. The molecule has 0 unspecified atom stereocenters. The van der Waals surface area contributed by atoms with Gasteiger partial charge in [-0.05, 0) is 153 Å². The van der Waals surface area contributed by atoms with Gasteiger partial charge in [0.2, 0.25) is 0 Å². The smallest absolute Gasteiger partial charge is 0.0464 e. The topological polar surface area (TPSA) is 6.48 Å². The summed E-state index contributed by atoms with van der Waals surface area (Å²) in [5, 5.41) is 0. The lowest BCUT2D eigenvalue weighted by Gasteiger charge is -2.28. The SMILES string of the molecule is Cc1ccc(N(c2ccc(C)cc2)c2ccc3c(c2)CCC2=C3Cc3cc(N(c4ccc(C)cc4)c4ccc(C)cc4)ccc32)cc1. The molecule has 2 aliphatic carbocycles. The normalized spacial score (nSPS) is 13.2. The highest BCUT2D eigenvalue weighted by Crippen LogP contribution is 2.48. The summed E-state index contributed by atoms with van der Waals surface area (Å²) in [4.78, 5) is 4.78. The van der Waals surface area contributed by atoms with Crippen LogP contribution in [0.15, 0.2) is 133 Å². The summed E-state index contributed by atoms with van der Waals surface area (Å²) in [6.45, 7) is 8.59. The molecule has 0 amide bonds. The first-order chi connectivity index (χ1) is 22.9. The van der Waals surface area contributed by atoms with Crippen LogP contribution < -0.4 is 9.80 Å². The number of allylic oxidation sites excluding steroid dienone is 2. The van der Waals surface area contributed by atoms with Crippen LogP contribution in [0, 0.1) is 27.7 Å². The van der Waals surface area contributed by atoms with Crippen LogP contribution in [0.1, 0.15) is 50.9 Å². The lowest BCUT2D eigenvalue weighted by molar-refractivity contribution is 0.994. The van der Waals surface area contributed by atoms with Gasteiger partial charge >= 0.3 is 0 Å². The Hall–Kier alpha value is -5.34. The Bertz CT molecular complexity index is 2030. The average Bonchev–Trinajstić information content (AvgIpc) is 3.47. The minimum atomic E-state index is 0.972. The summed E-state index contributed by atoms with van der Waals surface area (Å²) in [6, 6.07) is 49.7. The molecule has 0 saturated heterocycles. The summed E-state index contributed by atoms with van der Waals surface area (Å²) in [7, 11) is 0. The molecule has 2 nitrogen and oxygen atoms in total. The van der Waals surface area contributed by atoms with Crippen molar-refractivity contribution in [2.75, 3.05) is 9.80 Å². The molecule has 0 radical (unpaired) electrons. The molecule has 2 aliphatic rings. The lowest BCUT2D eigenvalue weighted by Crippen LogP contribution is -2.11. The molecule has 0 bridgehead atoms. The van der Waals surface area contributed by atoms with Gasteiger partial charge in [0, 0.05) is 34.1 Å². The maximum Gasteiger partial charge on any atom is 0.0464 e. The predicted molar refractivity (Wildman–Crippen MR) is 200 cm³/mol. The maximum atomic E-state index is 2.43. The minimum absolute atomic E-state index is 0.972. The molecule has 0 fully saturated rings. The fraction of sp³-hybridized carbons (Fsp3) is 0.156. The second-order valence-electron chi connectivity index (χ2n) is 13.3. The Labute approximate surface area is 279 Å². The van der Waals surface area contributed by atoms with Crippen LogP contribution in [0.4, 0.5) is 34.1 Å². The van der Waals surface area contributed by atoms with Crippen molar-refractivity contribution in [2.24, 2.45) is 0 Å². The van der Waals surface area contributed by atoms with E-state index in [0.717, 1.165) is 19.3 Å². The number of rotatable bonds is 6. The number of benzene rings is 6. The Morgan fingerprint density at radius 1 is 0.340 bits per heavy atom. The largest absolute Gasteiger partial charge is 0.310 e. The van der Waals surface area contributed by atoms with E-state index in [1.54, 1.807) is 0 Å². The molecule has 6 aromatic carbocycles. The van der Waals surface area contributed by atoms with Crippen molar-refractivity contribution in [2.45, 2.75) is 47.0 Å². The summed E-state index contributed by atoms with van der Waals surface area (Å²) < 4.78 is 0. The summed E-state index contributed by atoms with van der Waals surface area (Å²) in [5.41, 5.74) is 21.0. The molecule has 230 valence electrons. The number of nitrogens with zero attached hydrogens (tertiary/aromatic N) is 2. The van der Waals surface area contributed by atoms with E-state index >= 15 is 0 Å². The zero-order valence-electron chi connectivity index (χ0n) is 27.7. The van der Waals surface area contributed by atoms with Crippen molar-refractivity contribution in [3.8, 4) is 0 Å². The van der Waals surface area contributed by atoms with Crippen molar-refractivity contribution in [1.82, 2.24) is 0 Å². The predicted octanol–water partition coefficient (Wildman–Crippen LogP) is 12.3. The molecule has 0 atom stereocenters. The van der Waals surface area contributed by atoms with Gasteiger partial charge in [0.25, 0.3) is 0 Å².